The van der Waals surface area contributed by atoms with Gasteiger partial charge in [-0.1, -0.05) is 55.0 Å². The van der Waals surface area contributed by atoms with Gasteiger partial charge in [-0.2, -0.15) is 0 Å². The van der Waals surface area contributed by atoms with Crippen LogP contribution in [-0.4, -0.2) is 77.7 Å². The molecule has 2 N–H and O–H groups in total. The Balaban J connectivity index is 1.19. The van der Waals surface area contributed by atoms with Crippen LogP contribution in [0, 0.1) is 0 Å². The predicted octanol–water partition coefficient (Wildman–Crippen LogP) is 3.07. The van der Waals surface area contributed by atoms with Gasteiger partial charge < -0.3 is 20.1 Å². The van der Waals surface area contributed by atoms with Gasteiger partial charge in [-0.25, -0.2) is 4.79 Å². The molecule has 1 atom stereocenters. The molecule has 5 rings (SSSR count). The normalized spacial score (nSPS) is 18.8. The second kappa shape index (κ2) is 10.1. The Morgan fingerprint density at radius 1 is 0.943 bits per heavy atom. The molecule has 2 aromatic rings. The Morgan fingerprint density at radius 3 is 2.14 bits per heavy atom. The van der Waals surface area contributed by atoms with Crippen LogP contribution < -0.4 is 5.32 Å². The summed E-state index contributed by atoms with van der Waals surface area (Å²) in [5, 5.41) is 11.8. The van der Waals surface area contributed by atoms with Crippen LogP contribution >= 0.6 is 0 Å². The second-order valence-electron chi connectivity index (χ2n) is 9.61. The Bertz CT molecular complexity index is 1060. The number of carbonyl (C=O) groups excluding carboxylic acids is 2. The van der Waals surface area contributed by atoms with Crippen molar-refractivity contribution in [3.63, 3.8) is 0 Å². The van der Waals surface area contributed by atoms with Gasteiger partial charge in [0.25, 0.3) is 0 Å². The first-order chi connectivity index (χ1) is 17.0. The number of nitrogens with zero attached hydrogens (tertiary/aromatic N) is 2. The van der Waals surface area contributed by atoms with E-state index in [2.05, 4.69) is 22.3 Å². The number of ether oxygens (including phenoxy) is 1. The maximum Gasteiger partial charge on any atom is 0.407 e. The molecule has 2 aromatic carbocycles. The molecule has 2 amide bonds. The lowest BCUT2D eigenvalue weighted by atomic mass is 9.98. The molecule has 0 bridgehead atoms. The lowest BCUT2D eigenvalue weighted by molar-refractivity contribution is -0.146. The fourth-order valence-corrected chi connectivity index (χ4v) is 5.53. The Hall–Kier alpha value is -3.39. The first-order valence-corrected chi connectivity index (χ1v) is 12.4. The van der Waals surface area contributed by atoms with Gasteiger partial charge in [-0.15, -0.1) is 0 Å². The summed E-state index contributed by atoms with van der Waals surface area (Å²) in [6.45, 7) is 3.34. The summed E-state index contributed by atoms with van der Waals surface area (Å²) in [6.07, 6.45) is 2.34. The number of benzene rings is 2. The summed E-state index contributed by atoms with van der Waals surface area (Å²) in [5.41, 5.74) is 4.42. The topological polar surface area (TPSA) is 99.2 Å². The highest BCUT2D eigenvalue weighted by molar-refractivity contribution is 5.90. The maximum absolute atomic E-state index is 13.0. The number of amides is 2. The summed E-state index contributed by atoms with van der Waals surface area (Å²) in [5.74, 6) is -1.62. The average Bonchev–Trinajstić information content (AvgIpc) is 3.15. The third-order valence-corrected chi connectivity index (χ3v) is 7.39. The highest BCUT2D eigenvalue weighted by Crippen LogP contribution is 2.44. The number of rotatable bonds is 7. The number of aliphatic carboxylic acids is 1. The lowest BCUT2D eigenvalue weighted by Gasteiger charge is -2.47. The van der Waals surface area contributed by atoms with Gasteiger partial charge >= 0.3 is 12.1 Å². The van der Waals surface area contributed by atoms with E-state index in [1.807, 2.05) is 36.4 Å². The van der Waals surface area contributed by atoms with Crippen molar-refractivity contribution < 1.29 is 24.2 Å². The van der Waals surface area contributed by atoms with Gasteiger partial charge in [0.05, 0.1) is 6.42 Å². The molecule has 35 heavy (non-hydrogen) atoms. The van der Waals surface area contributed by atoms with Crippen molar-refractivity contribution >= 4 is 18.0 Å². The SMILES string of the molecule is O=C(O)CC(NC(=O)OCC1c2ccccc2-c2ccccc21)C(=O)N1CC(N2CCCCC2)C1. The Labute approximate surface area is 204 Å². The van der Waals surface area contributed by atoms with Crippen molar-refractivity contribution in [3.8, 4) is 11.1 Å². The highest BCUT2D eigenvalue weighted by Gasteiger charge is 2.39. The van der Waals surface area contributed by atoms with E-state index in [0.29, 0.717) is 19.1 Å². The molecule has 8 nitrogen and oxygen atoms in total. The number of alkyl carbamates (subject to hydrolysis) is 1. The van der Waals surface area contributed by atoms with E-state index in [1.54, 1.807) is 4.90 Å². The fourth-order valence-electron chi connectivity index (χ4n) is 5.53. The molecule has 2 saturated heterocycles. The molecular formula is C27H31N3O5. The third kappa shape index (κ3) is 4.89. The Morgan fingerprint density at radius 2 is 1.54 bits per heavy atom. The molecule has 0 radical (unpaired) electrons. The predicted molar refractivity (Wildman–Crippen MR) is 130 cm³/mol. The molecule has 3 aliphatic rings. The van der Waals surface area contributed by atoms with E-state index in [9.17, 15) is 19.5 Å². The zero-order chi connectivity index (χ0) is 24.4. The monoisotopic (exact) mass is 477 g/mol. The first kappa shape index (κ1) is 23.4. The smallest absolute Gasteiger partial charge is 0.407 e. The second-order valence-corrected chi connectivity index (χ2v) is 9.61. The van der Waals surface area contributed by atoms with Crippen LogP contribution in [0.15, 0.2) is 48.5 Å². The van der Waals surface area contributed by atoms with Crippen molar-refractivity contribution in [2.75, 3.05) is 32.8 Å². The number of nitrogens with one attached hydrogen (secondary N) is 1. The first-order valence-electron chi connectivity index (χ1n) is 12.4. The minimum atomic E-state index is -1.15. The summed E-state index contributed by atoms with van der Waals surface area (Å²) >= 11 is 0. The zero-order valence-electron chi connectivity index (χ0n) is 19.7. The van der Waals surface area contributed by atoms with Crippen molar-refractivity contribution in [2.24, 2.45) is 0 Å². The van der Waals surface area contributed by atoms with Gasteiger partial charge in [-0.3, -0.25) is 14.5 Å². The van der Waals surface area contributed by atoms with Crippen LogP contribution in [0.4, 0.5) is 4.79 Å². The van der Waals surface area contributed by atoms with E-state index in [0.717, 1.165) is 35.3 Å². The summed E-state index contributed by atoms with van der Waals surface area (Å²) in [6, 6.07) is 15.2. The van der Waals surface area contributed by atoms with Gasteiger partial charge in [0.15, 0.2) is 0 Å². The molecule has 1 aliphatic carbocycles. The maximum atomic E-state index is 13.0. The number of likely N-dealkylation sites (tertiary alicyclic amines) is 2. The van der Waals surface area contributed by atoms with Crippen molar-refractivity contribution in [2.45, 2.75) is 43.7 Å². The van der Waals surface area contributed by atoms with Crippen LogP contribution in [0.3, 0.4) is 0 Å². The minimum Gasteiger partial charge on any atom is -0.481 e. The molecule has 0 aromatic heterocycles. The molecule has 8 heteroatoms. The molecule has 1 unspecified atom stereocenters. The lowest BCUT2D eigenvalue weighted by Crippen LogP contribution is -2.65. The van der Waals surface area contributed by atoms with Gasteiger partial charge in [0.2, 0.25) is 5.91 Å². The molecule has 0 saturated carbocycles. The van der Waals surface area contributed by atoms with E-state index in [4.69, 9.17) is 4.74 Å². The van der Waals surface area contributed by atoms with E-state index in [1.165, 1.54) is 19.3 Å². The fraction of sp³-hybridized carbons (Fsp3) is 0.444. The number of carbonyl (C=O) groups is 3. The number of carboxylic acid groups (broad SMARTS) is 1. The molecule has 184 valence electrons. The van der Waals surface area contributed by atoms with Crippen LogP contribution in [0.1, 0.15) is 42.7 Å². The van der Waals surface area contributed by atoms with Gasteiger partial charge in [0.1, 0.15) is 12.6 Å². The standard InChI is InChI=1S/C27H31N3O5/c31-25(32)14-24(26(33)30-15-18(16-30)29-12-6-1-7-13-29)28-27(34)35-17-23-21-10-4-2-8-19(21)20-9-3-5-11-22(20)23/h2-5,8-11,18,23-24H,1,6-7,12-17H2,(H,28,34)(H,31,32). The van der Waals surface area contributed by atoms with Gasteiger partial charge in [0, 0.05) is 25.0 Å². The third-order valence-electron chi connectivity index (χ3n) is 7.39. The van der Waals surface area contributed by atoms with Gasteiger partial charge in [-0.05, 0) is 48.2 Å². The van der Waals surface area contributed by atoms with E-state index in [-0.39, 0.29) is 18.4 Å². The zero-order valence-corrected chi connectivity index (χ0v) is 19.7. The molecule has 2 fully saturated rings. The number of fused-ring (bicyclic) bond motifs is 3. The van der Waals surface area contributed by atoms with Crippen molar-refractivity contribution in [3.05, 3.63) is 59.7 Å². The van der Waals surface area contributed by atoms with E-state index >= 15 is 0 Å². The average molecular weight is 478 g/mol. The minimum absolute atomic E-state index is 0.106. The molecule has 0 spiro atoms. The number of hydrogen-bond donors (Lipinski definition) is 2. The Kier molecular flexibility index (Phi) is 6.72. The quantitative estimate of drug-likeness (QED) is 0.636. The number of piperidine rings is 1. The van der Waals surface area contributed by atoms with Crippen LogP contribution in [0.2, 0.25) is 0 Å². The molecule has 2 heterocycles. The van der Waals surface area contributed by atoms with Crippen LogP contribution in [-0.2, 0) is 14.3 Å². The van der Waals surface area contributed by atoms with Crippen molar-refractivity contribution in [1.82, 2.24) is 15.1 Å². The summed E-state index contributed by atoms with van der Waals surface area (Å²) in [7, 11) is 0. The van der Waals surface area contributed by atoms with Crippen LogP contribution in [0.5, 0.6) is 0 Å². The molecular weight excluding hydrogens is 446 g/mol. The highest BCUT2D eigenvalue weighted by atomic mass is 16.5. The summed E-state index contributed by atoms with van der Waals surface area (Å²) < 4.78 is 5.53. The largest absolute Gasteiger partial charge is 0.481 e. The van der Waals surface area contributed by atoms with Crippen molar-refractivity contribution in [1.29, 1.82) is 0 Å². The molecule has 2 aliphatic heterocycles. The van der Waals surface area contributed by atoms with Crippen LogP contribution in [0.25, 0.3) is 11.1 Å². The number of hydrogen-bond acceptors (Lipinski definition) is 5. The van der Waals surface area contributed by atoms with E-state index < -0.39 is 24.5 Å². The number of carboxylic acids is 1. The summed E-state index contributed by atoms with van der Waals surface area (Å²) in [4.78, 5) is 41.1.